The summed E-state index contributed by atoms with van der Waals surface area (Å²) in [5.41, 5.74) is 0. The van der Waals surface area contributed by atoms with E-state index in [1.807, 2.05) is 0 Å². The summed E-state index contributed by atoms with van der Waals surface area (Å²) in [6.07, 6.45) is 0. The minimum absolute atomic E-state index is 0. The second kappa shape index (κ2) is 35.3. The van der Waals surface area contributed by atoms with Crippen molar-refractivity contribution >= 4 is 108 Å². The van der Waals surface area contributed by atoms with E-state index in [1.165, 1.54) is 0 Å². The number of hydrogen-bond acceptors (Lipinski definition) is 12. The van der Waals surface area contributed by atoms with Crippen LogP contribution in [0, 0.1) is 0 Å². The van der Waals surface area contributed by atoms with E-state index in [0.29, 0.717) is 63.7 Å². The van der Waals surface area contributed by atoms with Crippen LogP contribution in [0.2, 0.25) is 0 Å². The Kier molecular flexibility index (Phi) is 28.2. The maximum atomic E-state index is 12.1. The molecule has 12 aromatic rings. The molecule has 0 amide bonds. The molecule has 12 aromatic carbocycles. The van der Waals surface area contributed by atoms with Crippen molar-refractivity contribution in [2.75, 3.05) is 0 Å². The van der Waals surface area contributed by atoms with E-state index in [9.17, 15) is 56.8 Å². The van der Waals surface area contributed by atoms with Crippen LogP contribution in [-0.4, -0.2) is 0 Å². The molecule has 0 aliphatic heterocycles. The molecule has 0 saturated heterocycles. The Labute approximate surface area is 545 Å². The third kappa shape index (κ3) is 20.7. The Balaban J connectivity index is 0.000000173. The van der Waals surface area contributed by atoms with E-state index in [2.05, 4.69) is 0 Å². The van der Waals surface area contributed by atoms with Crippen LogP contribution in [0.1, 0.15) is 0 Å². The molecule has 0 aliphatic carbocycles. The quantitative estimate of drug-likeness (QED) is 0.0846. The zero-order valence-corrected chi connectivity index (χ0v) is 56.0. The molecule has 91 heavy (non-hydrogen) atoms. The zero-order valence-electron chi connectivity index (χ0n) is 48.6. The fourth-order valence-electron chi connectivity index (χ4n) is 8.39. The Morgan fingerprint density at radius 1 is 0.132 bits per heavy atom. The third-order valence-electron chi connectivity index (χ3n) is 13.2. The zero-order chi connectivity index (χ0) is 64.4. The standard InChI is InChI=1S/6C12H11O2P.Mo/c6*13-15(14,11-7-3-1-4-8-11)12-9-5-2-6-10-12;/h6*1-10H,(H,13,14);/q;;;;;;+6/p-6. The second-order valence-corrected chi connectivity index (χ2v) is 32.2. The van der Waals surface area contributed by atoms with Gasteiger partial charge in [-0.05, 0) is 0 Å². The largest absolute Gasteiger partial charge is 6.00 e. The molecule has 0 aliphatic rings. The molecule has 0 radical (unpaired) electrons. The van der Waals surface area contributed by atoms with E-state index in [4.69, 9.17) is 0 Å². The molecule has 12 rings (SSSR count). The first-order chi connectivity index (χ1) is 43.3. The molecular weight excluding hydrogens is 1340 g/mol. The van der Waals surface area contributed by atoms with E-state index in [1.54, 1.807) is 364 Å². The predicted molar refractivity (Wildman–Crippen MR) is 359 cm³/mol. The monoisotopic (exact) mass is 1400 g/mol. The molecule has 0 bridgehead atoms. The van der Waals surface area contributed by atoms with Gasteiger partial charge in [0, 0.05) is 63.7 Å². The van der Waals surface area contributed by atoms with Gasteiger partial charge in [0.1, 0.15) is 0 Å². The minimum Gasteiger partial charge on any atom is -0.793 e. The fourth-order valence-corrected chi connectivity index (χ4v) is 16.9. The number of rotatable bonds is 12. The van der Waals surface area contributed by atoms with E-state index in [-0.39, 0.29) is 21.1 Å². The Morgan fingerprint density at radius 3 is 0.242 bits per heavy atom. The van der Waals surface area contributed by atoms with Gasteiger partial charge in [-0.2, -0.15) is 0 Å². The van der Waals surface area contributed by atoms with Gasteiger partial charge in [-0.25, -0.2) is 0 Å². The molecule has 0 unspecified atom stereocenters. The molecule has 12 nitrogen and oxygen atoms in total. The van der Waals surface area contributed by atoms with Crippen molar-refractivity contribution in [1.29, 1.82) is 0 Å². The van der Waals surface area contributed by atoms with E-state index >= 15 is 0 Å². The maximum Gasteiger partial charge on any atom is 6.00 e. The SMILES string of the molecule is O=P([O-])(c1ccccc1)c1ccccc1.O=P([O-])(c1ccccc1)c1ccccc1.O=P([O-])(c1ccccc1)c1ccccc1.O=P([O-])(c1ccccc1)c1ccccc1.O=P([O-])(c1ccccc1)c1ccccc1.O=P([O-])(c1ccccc1)c1ccccc1.[Mo+6]. The second-order valence-electron chi connectivity index (χ2n) is 19.3. The smallest absolute Gasteiger partial charge is 0.793 e. The minimum atomic E-state index is -3.65. The van der Waals surface area contributed by atoms with Crippen molar-refractivity contribution in [2.45, 2.75) is 0 Å². The molecule has 456 valence electrons. The van der Waals surface area contributed by atoms with Gasteiger partial charge in [0.2, 0.25) is 0 Å². The molecule has 0 heterocycles. The van der Waals surface area contributed by atoms with Crippen molar-refractivity contribution in [1.82, 2.24) is 0 Å². The van der Waals surface area contributed by atoms with Gasteiger partial charge >= 0.3 is 21.1 Å². The Bertz CT molecular complexity index is 3360. The fraction of sp³-hybridized carbons (Fsp3) is 0. The molecule has 0 fully saturated rings. The summed E-state index contributed by atoms with van der Waals surface area (Å²) in [5, 5.41) is 4.29. The van der Waals surface area contributed by atoms with Crippen LogP contribution in [0.5, 0.6) is 0 Å². The summed E-state index contributed by atoms with van der Waals surface area (Å²) >= 11 is 0. The average Bonchev–Trinajstić information content (AvgIpc) is 2.24. The summed E-state index contributed by atoms with van der Waals surface area (Å²) < 4.78 is 72.4. The van der Waals surface area contributed by atoms with Gasteiger partial charge in [-0.15, -0.1) is 0 Å². The van der Waals surface area contributed by atoms with Crippen LogP contribution in [-0.2, 0) is 48.5 Å². The van der Waals surface area contributed by atoms with Crippen LogP contribution in [0.3, 0.4) is 0 Å². The van der Waals surface area contributed by atoms with Gasteiger partial charge in [-0.3, -0.25) is 0 Å². The first-order valence-corrected chi connectivity index (χ1v) is 37.6. The summed E-state index contributed by atoms with van der Waals surface area (Å²) in [6.45, 7) is 0. The van der Waals surface area contributed by atoms with Crippen molar-refractivity contribution in [3.05, 3.63) is 364 Å². The van der Waals surface area contributed by atoms with E-state index in [0.717, 1.165) is 0 Å². The topological polar surface area (TPSA) is 241 Å². The van der Waals surface area contributed by atoms with Gasteiger partial charge in [0.25, 0.3) is 0 Å². The van der Waals surface area contributed by atoms with Crippen LogP contribution >= 0.6 is 44.2 Å². The van der Waals surface area contributed by atoms with Crippen molar-refractivity contribution in [3.8, 4) is 0 Å². The molecular formula is C72H60MoO12P6. The molecule has 19 heteroatoms. The normalized spacial score (nSPS) is 11.1. The van der Waals surface area contributed by atoms with Crippen LogP contribution in [0.25, 0.3) is 0 Å². The Morgan fingerprint density at radius 2 is 0.187 bits per heavy atom. The van der Waals surface area contributed by atoms with Gasteiger partial charge in [-0.1, -0.05) is 364 Å². The number of benzene rings is 12. The first-order valence-electron chi connectivity index (χ1n) is 27.8. The molecule has 0 spiro atoms. The van der Waals surface area contributed by atoms with Crippen molar-refractivity contribution < 1.29 is 77.8 Å². The summed E-state index contributed by atoms with van der Waals surface area (Å²) in [5.74, 6) is 0. The van der Waals surface area contributed by atoms with Crippen molar-refractivity contribution in [3.63, 3.8) is 0 Å². The van der Waals surface area contributed by atoms with Crippen LogP contribution in [0.4, 0.5) is 0 Å². The summed E-state index contributed by atoms with van der Waals surface area (Å²) in [6, 6.07) is 102. The van der Waals surface area contributed by atoms with Crippen LogP contribution < -0.4 is 93.0 Å². The van der Waals surface area contributed by atoms with Crippen molar-refractivity contribution in [2.24, 2.45) is 0 Å². The summed E-state index contributed by atoms with van der Waals surface area (Å²) in [4.78, 5) is 72.4. The van der Waals surface area contributed by atoms with Gasteiger partial charge in [0.05, 0.1) is 44.2 Å². The Hall–Kier alpha value is -7.53. The van der Waals surface area contributed by atoms with Crippen LogP contribution in [0.15, 0.2) is 364 Å². The molecule has 0 saturated carbocycles. The van der Waals surface area contributed by atoms with Gasteiger partial charge in [0.15, 0.2) is 0 Å². The third-order valence-corrected chi connectivity index (χ3v) is 24.9. The molecule has 0 atom stereocenters. The molecule has 0 aromatic heterocycles. The van der Waals surface area contributed by atoms with Gasteiger partial charge < -0.3 is 56.8 Å². The summed E-state index contributed by atoms with van der Waals surface area (Å²) in [7, 11) is -21.9. The van der Waals surface area contributed by atoms with E-state index < -0.39 is 44.2 Å². The first kappa shape index (κ1) is 72.5. The average molecular weight is 1400 g/mol. The molecule has 0 N–H and O–H groups in total. The predicted octanol–water partition coefficient (Wildman–Crippen LogP) is 7.65. The number of hydrogen-bond donors (Lipinski definition) is 0. The maximum absolute atomic E-state index is 12.1.